The third-order valence-corrected chi connectivity index (χ3v) is 4.08. The van der Waals surface area contributed by atoms with Crippen LogP contribution < -0.4 is 4.90 Å². The van der Waals surface area contributed by atoms with Crippen molar-refractivity contribution in [3.05, 3.63) is 23.9 Å². The van der Waals surface area contributed by atoms with Crippen LogP contribution in [0, 0.1) is 0 Å². The van der Waals surface area contributed by atoms with Gasteiger partial charge in [-0.1, -0.05) is 6.07 Å². The Hall–Kier alpha value is -1.09. The first-order chi connectivity index (χ1) is 8.88. The van der Waals surface area contributed by atoms with Crippen LogP contribution in [0.2, 0.25) is 0 Å². The van der Waals surface area contributed by atoms with Gasteiger partial charge in [-0.05, 0) is 58.8 Å². The minimum Gasteiger partial charge on any atom is -0.363 e. The summed E-state index contributed by atoms with van der Waals surface area (Å²) >= 11 is 0. The maximum atomic E-state index is 4.79. The summed E-state index contributed by atoms with van der Waals surface area (Å²) in [4.78, 5) is 9.45. The second kappa shape index (κ2) is 5.49. The zero-order valence-corrected chi connectivity index (χ0v) is 13.0. The standard InChI is InChI=1S/C16H27N3/c1-16(2,3)19-11-9-13(10-12-19)14-7-6-8-15(17-14)18(4)5/h6-8,13H,9-12H2,1-5H3. The molecule has 0 bridgehead atoms. The molecule has 1 fully saturated rings. The van der Waals surface area contributed by atoms with E-state index in [-0.39, 0.29) is 0 Å². The molecule has 0 aromatic carbocycles. The molecular weight excluding hydrogens is 234 g/mol. The minimum absolute atomic E-state index is 0.296. The molecule has 2 rings (SSSR count). The van der Waals surface area contributed by atoms with E-state index in [9.17, 15) is 0 Å². The SMILES string of the molecule is CN(C)c1cccc(C2CCN(C(C)(C)C)CC2)n1. The first kappa shape index (κ1) is 14.3. The lowest BCUT2D eigenvalue weighted by Gasteiger charge is -2.40. The Morgan fingerprint density at radius 2 is 1.79 bits per heavy atom. The first-order valence-corrected chi connectivity index (χ1v) is 7.27. The lowest BCUT2D eigenvalue weighted by molar-refractivity contribution is 0.102. The molecule has 0 saturated carbocycles. The fourth-order valence-electron chi connectivity index (χ4n) is 2.76. The van der Waals surface area contributed by atoms with Crippen LogP contribution in [0.15, 0.2) is 18.2 Å². The molecule has 0 N–H and O–H groups in total. The first-order valence-electron chi connectivity index (χ1n) is 7.27. The number of pyridine rings is 1. The summed E-state index contributed by atoms with van der Waals surface area (Å²) in [5.41, 5.74) is 1.56. The highest BCUT2D eigenvalue weighted by Gasteiger charge is 2.28. The Labute approximate surface area is 117 Å². The highest BCUT2D eigenvalue weighted by Crippen LogP contribution is 2.30. The Morgan fingerprint density at radius 3 is 2.32 bits per heavy atom. The van der Waals surface area contributed by atoms with Crippen LogP contribution in [0.25, 0.3) is 0 Å². The van der Waals surface area contributed by atoms with Gasteiger partial charge < -0.3 is 4.90 Å². The van der Waals surface area contributed by atoms with Gasteiger partial charge in [0.1, 0.15) is 5.82 Å². The molecule has 0 radical (unpaired) electrons. The van der Waals surface area contributed by atoms with Crippen LogP contribution >= 0.6 is 0 Å². The summed E-state index contributed by atoms with van der Waals surface area (Å²) in [5.74, 6) is 1.69. The van der Waals surface area contributed by atoms with Gasteiger partial charge in [-0.15, -0.1) is 0 Å². The Kier molecular flexibility index (Phi) is 4.14. The number of rotatable bonds is 2. The molecule has 1 saturated heterocycles. The van der Waals surface area contributed by atoms with Crippen molar-refractivity contribution in [2.24, 2.45) is 0 Å². The number of hydrogen-bond acceptors (Lipinski definition) is 3. The number of likely N-dealkylation sites (tertiary alicyclic amines) is 1. The minimum atomic E-state index is 0.296. The quantitative estimate of drug-likeness (QED) is 0.815. The fourth-order valence-corrected chi connectivity index (χ4v) is 2.76. The third kappa shape index (κ3) is 3.47. The van der Waals surface area contributed by atoms with Crippen molar-refractivity contribution in [3.8, 4) is 0 Å². The van der Waals surface area contributed by atoms with E-state index in [1.165, 1.54) is 31.6 Å². The molecule has 2 heterocycles. The third-order valence-electron chi connectivity index (χ3n) is 4.08. The molecule has 3 nitrogen and oxygen atoms in total. The number of piperidine rings is 1. The van der Waals surface area contributed by atoms with Gasteiger partial charge in [-0.3, -0.25) is 4.90 Å². The van der Waals surface area contributed by atoms with Crippen LogP contribution in [0.3, 0.4) is 0 Å². The number of nitrogens with zero attached hydrogens (tertiary/aromatic N) is 3. The molecule has 19 heavy (non-hydrogen) atoms. The van der Waals surface area contributed by atoms with E-state index in [0.717, 1.165) is 5.82 Å². The second-order valence-corrected chi connectivity index (χ2v) is 6.75. The van der Waals surface area contributed by atoms with Crippen molar-refractivity contribution in [1.82, 2.24) is 9.88 Å². The van der Waals surface area contributed by atoms with Crippen molar-refractivity contribution >= 4 is 5.82 Å². The van der Waals surface area contributed by atoms with Crippen LogP contribution in [0.1, 0.15) is 45.2 Å². The normalized spacial score (nSPS) is 18.6. The van der Waals surface area contributed by atoms with E-state index in [1.54, 1.807) is 0 Å². The Bertz CT molecular complexity index is 412. The molecule has 0 unspecified atom stereocenters. The molecule has 1 aliphatic heterocycles. The smallest absolute Gasteiger partial charge is 0.128 e. The predicted molar refractivity (Wildman–Crippen MR) is 81.9 cm³/mol. The van der Waals surface area contributed by atoms with Crippen LogP contribution in [-0.4, -0.2) is 42.6 Å². The van der Waals surface area contributed by atoms with Gasteiger partial charge in [-0.2, -0.15) is 0 Å². The summed E-state index contributed by atoms with van der Waals surface area (Å²) in [6, 6.07) is 6.39. The molecule has 0 aliphatic carbocycles. The average molecular weight is 261 g/mol. The maximum Gasteiger partial charge on any atom is 0.128 e. The van der Waals surface area contributed by atoms with Crippen LogP contribution in [-0.2, 0) is 0 Å². The summed E-state index contributed by atoms with van der Waals surface area (Å²) in [5, 5.41) is 0. The van der Waals surface area contributed by atoms with Crippen molar-refractivity contribution in [1.29, 1.82) is 0 Å². The van der Waals surface area contributed by atoms with Gasteiger partial charge in [0.25, 0.3) is 0 Å². The van der Waals surface area contributed by atoms with Gasteiger partial charge in [0.15, 0.2) is 0 Å². The molecular formula is C16H27N3. The average Bonchev–Trinajstić information content (AvgIpc) is 2.38. The molecule has 0 amide bonds. The van der Waals surface area contributed by atoms with Crippen molar-refractivity contribution in [3.63, 3.8) is 0 Å². The zero-order valence-electron chi connectivity index (χ0n) is 13.0. The van der Waals surface area contributed by atoms with Gasteiger partial charge in [0.05, 0.1) is 0 Å². The van der Waals surface area contributed by atoms with Crippen molar-refractivity contribution in [2.45, 2.75) is 45.1 Å². The Morgan fingerprint density at radius 1 is 1.16 bits per heavy atom. The van der Waals surface area contributed by atoms with Gasteiger partial charge in [0, 0.05) is 31.2 Å². The van der Waals surface area contributed by atoms with E-state index >= 15 is 0 Å². The largest absolute Gasteiger partial charge is 0.363 e. The summed E-state index contributed by atoms with van der Waals surface area (Å²) in [7, 11) is 4.10. The molecule has 3 heteroatoms. The van der Waals surface area contributed by atoms with Gasteiger partial charge in [-0.25, -0.2) is 4.98 Å². The second-order valence-electron chi connectivity index (χ2n) is 6.75. The topological polar surface area (TPSA) is 19.4 Å². The van der Waals surface area contributed by atoms with Crippen LogP contribution in [0.5, 0.6) is 0 Å². The van der Waals surface area contributed by atoms with E-state index in [2.05, 4.69) is 48.8 Å². The molecule has 0 spiro atoms. The fraction of sp³-hybridized carbons (Fsp3) is 0.688. The number of hydrogen-bond donors (Lipinski definition) is 0. The number of aromatic nitrogens is 1. The molecule has 1 aromatic rings. The summed E-state index contributed by atoms with van der Waals surface area (Å²) < 4.78 is 0. The van der Waals surface area contributed by atoms with E-state index < -0.39 is 0 Å². The lowest BCUT2D eigenvalue weighted by Crippen LogP contribution is -2.45. The highest BCUT2D eigenvalue weighted by atomic mass is 15.2. The monoisotopic (exact) mass is 261 g/mol. The van der Waals surface area contributed by atoms with Gasteiger partial charge >= 0.3 is 0 Å². The number of anilines is 1. The molecule has 0 atom stereocenters. The predicted octanol–water partition coefficient (Wildman–Crippen LogP) is 3.13. The van der Waals surface area contributed by atoms with E-state index in [1.807, 2.05) is 14.1 Å². The van der Waals surface area contributed by atoms with Gasteiger partial charge in [0.2, 0.25) is 0 Å². The maximum absolute atomic E-state index is 4.79. The van der Waals surface area contributed by atoms with Crippen molar-refractivity contribution in [2.75, 3.05) is 32.1 Å². The summed E-state index contributed by atoms with van der Waals surface area (Å²) in [6.45, 7) is 9.28. The Balaban J connectivity index is 2.03. The highest BCUT2D eigenvalue weighted by molar-refractivity contribution is 5.37. The summed E-state index contributed by atoms with van der Waals surface area (Å²) in [6.07, 6.45) is 2.45. The van der Waals surface area contributed by atoms with Crippen LogP contribution in [0.4, 0.5) is 5.82 Å². The molecule has 1 aliphatic rings. The van der Waals surface area contributed by atoms with E-state index in [0.29, 0.717) is 11.5 Å². The zero-order chi connectivity index (χ0) is 14.0. The van der Waals surface area contributed by atoms with Crippen molar-refractivity contribution < 1.29 is 0 Å². The lowest BCUT2D eigenvalue weighted by atomic mass is 9.90. The molecule has 1 aromatic heterocycles. The molecule has 106 valence electrons. The van der Waals surface area contributed by atoms with E-state index in [4.69, 9.17) is 4.98 Å².